The van der Waals surface area contributed by atoms with Gasteiger partial charge in [-0.05, 0) is 135 Å². The van der Waals surface area contributed by atoms with E-state index in [-0.39, 0.29) is 4.90 Å². The van der Waals surface area contributed by atoms with Crippen LogP contribution in [0.1, 0.15) is 23.6 Å². The fourth-order valence-electron chi connectivity index (χ4n) is 5.85. The molecule has 0 saturated heterocycles. The largest absolute Gasteiger partial charge is 0.473 e. The summed E-state index contributed by atoms with van der Waals surface area (Å²) in [6.45, 7) is 6.54. The smallest absolute Gasteiger partial charge is 0.206 e. The van der Waals surface area contributed by atoms with Gasteiger partial charge in [0.15, 0.2) is 6.73 Å². The van der Waals surface area contributed by atoms with Gasteiger partial charge in [-0.25, -0.2) is 8.42 Å². The maximum atomic E-state index is 14.0. The van der Waals surface area contributed by atoms with Crippen molar-refractivity contribution in [3.05, 3.63) is 135 Å². The van der Waals surface area contributed by atoms with Crippen molar-refractivity contribution in [3.8, 4) is 28.0 Å². The second kappa shape index (κ2) is 12.8. The summed E-state index contributed by atoms with van der Waals surface area (Å²) in [6.07, 6.45) is 0. The van der Waals surface area contributed by atoms with Gasteiger partial charge in [-0.1, -0.05) is 30.3 Å². The molecule has 2 aromatic heterocycles. The first-order valence-electron chi connectivity index (χ1n) is 15.2. The molecule has 6 aromatic rings. The van der Waals surface area contributed by atoms with Crippen LogP contribution in [0.15, 0.2) is 128 Å². The van der Waals surface area contributed by atoms with Crippen molar-refractivity contribution in [2.75, 3.05) is 23.1 Å². The molecule has 46 heavy (non-hydrogen) atoms. The molecular weight excluding hydrogens is 629 g/mol. The molecule has 4 aromatic carbocycles. The summed E-state index contributed by atoms with van der Waals surface area (Å²) in [5, 5.41) is 8.45. The number of benzene rings is 4. The highest BCUT2D eigenvalue weighted by molar-refractivity contribution is 7.91. The summed E-state index contributed by atoms with van der Waals surface area (Å²) in [6, 6.07) is 31.9. The molecule has 0 bridgehead atoms. The lowest BCUT2D eigenvalue weighted by Crippen LogP contribution is -2.31. The Bertz CT molecular complexity index is 2050. The Morgan fingerprint density at radius 2 is 1.39 bits per heavy atom. The van der Waals surface area contributed by atoms with Gasteiger partial charge in [-0.2, -0.15) is 22.7 Å². The number of anilines is 2. The lowest BCUT2D eigenvalue weighted by atomic mass is 10.1. The number of nitrogens with zero attached hydrogens (tertiary/aromatic N) is 2. The summed E-state index contributed by atoms with van der Waals surface area (Å²) in [4.78, 5) is 4.96. The van der Waals surface area contributed by atoms with E-state index >= 15 is 0 Å². The van der Waals surface area contributed by atoms with Gasteiger partial charge in [-0.3, -0.25) is 0 Å². The van der Waals surface area contributed by atoms with E-state index in [0.29, 0.717) is 24.7 Å². The minimum atomic E-state index is -3.75. The van der Waals surface area contributed by atoms with Gasteiger partial charge in [0, 0.05) is 36.6 Å². The van der Waals surface area contributed by atoms with E-state index in [1.165, 1.54) is 22.3 Å². The lowest BCUT2D eigenvalue weighted by Gasteiger charge is -2.31. The van der Waals surface area contributed by atoms with Crippen molar-refractivity contribution < 1.29 is 13.2 Å². The van der Waals surface area contributed by atoms with Crippen molar-refractivity contribution in [3.63, 3.8) is 0 Å². The summed E-state index contributed by atoms with van der Waals surface area (Å²) >= 11 is 3.38. The van der Waals surface area contributed by atoms with Gasteiger partial charge in [0.25, 0.3) is 0 Å². The number of fused-ring (bicyclic) bond motifs is 1. The van der Waals surface area contributed by atoms with Crippen LogP contribution in [0.5, 0.6) is 5.75 Å². The topological polar surface area (TPSA) is 49.9 Å². The minimum Gasteiger partial charge on any atom is -0.473 e. The Hall–Kier alpha value is -4.37. The fourth-order valence-corrected chi connectivity index (χ4v) is 8.54. The molecule has 0 N–H and O–H groups in total. The van der Waals surface area contributed by atoms with Crippen molar-refractivity contribution in [1.29, 1.82) is 0 Å². The zero-order valence-electron chi connectivity index (χ0n) is 25.7. The van der Waals surface area contributed by atoms with Crippen molar-refractivity contribution >= 4 is 43.9 Å². The average molecular weight is 663 g/mol. The average Bonchev–Trinajstić information content (AvgIpc) is 3.84. The Labute approximate surface area is 278 Å². The molecule has 0 saturated carbocycles. The van der Waals surface area contributed by atoms with Gasteiger partial charge >= 0.3 is 0 Å². The summed E-state index contributed by atoms with van der Waals surface area (Å²) in [5.41, 5.74) is 9.82. The van der Waals surface area contributed by atoms with E-state index in [4.69, 9.17) is 4.74 Å². The highest BCUT2D eigenvalue weighted by Gasteiger charge is 2.24. The molecule has 0 amide bonds. The number of hydrogen-bond acceptors (Lipinski definition) is 7. The van der Waals surface area contributed by atoms with Crippen LogP contribution >= 0.6 is 22.7 Å². The maximum Gasteiger partial charge on any atom is 0.206 e. The second-order valence-electron chi connectivity index (χ2n) is 11.5. The zero-order valence-corrected chi connectivity index (χ0v) is 28.2. The molecule has 3 heterocycles. The molecular formula is C38H34N2O3S3. The van der Waals surface area contributed by atoms with Crippen molar-refractivity contribution in [1.82, 2.24) is 0 Å². The normalized spacial score (nSPS) is 12.9. The predicted molar refractivity (Wildman–Crippen MR) is 191 cm³/mol. The molecule has 1 aliphatic heterocycles. The van der Waals surface area contributed by atoms with Crippen LogP contribution < -0.4 is 14.5 Å². The number of sulfone groups is 1. The van der Waals surface area contributed by atoms with Gasteiger partial charge < -0.3 is 14.5 Å². The minimum absolute atomic E-state index is 0.274. The molecule has 8 heteroatoms. The number of hydrogen-bond donors (Lipinski definition) is 0. The first kappa shape index (κ1) is 30.3. The number of rotatable bonds is 9. The van der Waals surface area contributed by atoms with Crippen molar-refractivity contribution in [2.45, 2.75) is 36.7 Å². The quantitative estimate of drug-likeness (QED) is 0.154. The Morgan fingerprint density at radius 1 is 0.761 bits per heavy atom. The van der Waals surface area contributed by atoms with E-state index in [1.54, 1.807) is 46.9 Å². The standard InChI is InChI=1S/C38H34N2O3S3/c1-3-39(34-9-5-28(6-10-34)30-16-18-44-24-30)22-32-20-36(13-4-27(32)2)46(41,42)37-14-15-38-33(21-37)23-40(26-43-38)35-11-7-29(8-12-35)31-17-19-45-25-31/h4-21,24-25H,3,22-23,26H2,1-2H3. The van der Waals surface area contributed by atoms with E-state index in [0.717, 1.165) is 40.4 Å². The van der Waals surface area contributed by atoms with Gasteiger partial charge in [0.2, 0.25) is 9.84 Å². The monoisotopic (exact) mass is 662 g/mol. The van der Waals surface area contributed by atoms with E-state index < -0.39 is 9.84 Å². The molecule has 5 nitrogen and oxygen atoms in total. The van der Waals surface area contributed by atoms with Gasteiger partial charge in [-0.15, -0.1) is 0 Å². The van der Waals surface area contributed by atoms with Crippen molar-refractivity contribution in [2.24, 2.45) is 0 Å². The highest BCUT2D eigenvalue weighted by atomic mass is 32.2. The van der Waals surface area contributed by atoms with E-state index in [2.05, 4.69) is 98.9 Å². The molecule has 0 spiro atoms. The van der Waals surface area contributed by atoms with Crippen LogP contribution in [0.25, 0.3) is 22.3 Å². The second-order valence-corrected chi connectivity index (χ2v) is 15.0. The van der Waals surface area contributed by atoms with Crippen LogP contribution in [0.4, 0.5) is 11.4 Å². The lowest BCUT2D eigenvalue weighted by molar-refractivity contribution is 0.289. The molecule has 0 aliphatic carbocycles. The molecule has 0 radical (unpaired) electrons. The predicted octanol–water partition coefficient (Wildman–Crippen LogP) is 9.67. The molecule has 232 valence electrons. The third-order valence-corrected chi connectivity index (χ3v) is 11.7. The summed E-state index contributed by atoms with van der Waals surface area (Å²) < 4.78 is 34.0. The van der Waals surface area contributed by atoms with E-state index in [9.17, 15) is 8.42 Å². The van der Waals surface area contributed by atoms with Crippen LogP contribution in [-0.2, 0) is 22.9 Å². The van der Waals surface area contributed by atoms with E-state index in [1.807, 2.05) is 19.1 Å². The van der Waals surface area contributed by atoms with Crippen LogP contribution in [0.2, 0.25) is 0 Å². The zero-order chi connectivity index (χ0) is 31.7. The third-order valence-electron chi connectivity index (χ3n) is 8.63. The third kappa shape index (κ3) is 6.08. The van der Waals surface area contributed by atoms with Crippen LogP contribution in [-0.4, -0.2) is 21.7 Å². The molecule has 1 aliphatic rings. The van der Waals surface area contributed by atoms with Crippen LogP contribution in [0, 0.1) is 6.92 Å². The maximum absolute atomic E-state index is 14.0. The summed E-state index contributed by atoms with van der Waals surface area (Å²) in [5.74, 6) is 0.721. The first-order chi connectivity index (χ1) is 22.4. The molecule has 0 atom stereocenters. The Balaban J connectivity index is 1.10. The number of thiophene rings is 2. The Kier molecular flexibility index (Phi) is 8.42. The van der Waals surface area contributed by atoms with Crippen LogP contribution in [0.3, 0.4) is 0 Å². The Morgan fingerprint density at radius 3 is 2.02 bits per heavy atom. The molecule has 0 fully saturated rings. The highest BCUT2D eigenvalue weighted by Crippen LogP contribution is 2.34. The fraction of sp³-hybridized carbons (Fsp3) is 0.158. The molecule has 0 unspecified atom stereocenters. The van der Waals surface area contributed by atoms with Gasteiger partial charge in [0.1, 0.15) is 5.75 Å². The van der Waals surface area contributed by atoms with Gasteiger partial charge in [0.05, 0.1) is 9.79 Å². The first-order valence-corrected chi connectivity index (χ1v) is 18.6. The SMILES string of the molecule is CCN(Cc1cc(S(=O)(=O)c2ccc3c(c2)CN(c2ccc(-c4ccsc4)cc2)CO3)ccc1C)c1ccc(-c2ccsc2)cc1. The summed E-state index contributed by atoms with van der Waals surface area (Å²) in [7, 11) is -3.75. The molecule has 7 rings (SSSR count). The number of ether oxygens (including phenoxy) is 1. The number of aryl methyl sites for hydroxylation is 1.